The maximum atomic E-state index is 5.59. The standard InChI is InChI=1S/C11H19NO.3C10H18N2O/c1-10(2,3)8-9(11(4,5)6)13-7-12-8;1-9(2,3)7-11-12-8(13-7)10(4,5)6;1-9(2,3)7-11-8(13-12-7)10(4,5)6;1-9(2,3)7-8(10(4,5)6)12-13-11-7/h7H,1-6H3;3*1-6H3. The molecule has 52 heavy (non-hydrogen) atoms. The molecule has 296 valence electrons. The lowest BCUT2D eigenvalue weighted by Crippen LogP contribution is -2.21. The van der Waals surface area contributed by atoms with Crippen LogP contribution in [-0.2, 0) is 43.3 Å². The Bertz CT molecular complexity index is 1410. The zero-order valence-corrected chi connectivity index (χ0v) is 37.3. The Morgan fingerprint density at radius 1 is 0.404 bits per heavy atom. The van der Waals surface area contributed by atoms with E-state index in [0.29, 0.717) is 17.7 Å². The molecule has 0 spiro atoms. The number of nitrogens with zero attached hydrogens (tertiary/aromatic N) is 7. The van der Waals surface area contributed by atoms with Gasteiger partial charge in [-0.3, -0.25) is 0 Å². The molecule has 0 amide bonds. The maximum Gasteiger partial charge on any atom is 0.232 e. The van der Waals surface area contributed by atoms with Crippen LogP contribution >= 0.6 is 0 Å². The molecule has 0 N–H and O–H groups in total. The molecule has 0 aliphatic carbocycles. The summed E-state index contributed by atoms with van der Waals surface area (Å²) in [5, 5.41) is 20.0. The summed E-state index contributed by atoms with van der Waals surface area (Å²) in [6.07, 6.45) is 1.54. The topological polar surface area (TPSA) is 143 Å². The minimum absolute atomic E-state index is 0.00259. The van der Waals surface area contributed by atoms with Gasteiger partial charge in [-0.15, -0.1) is 10.2 Å². The van der Waals surface area contributed by atoms with Crippen LogP contribution in [-0.4, -0.2) is 35.6 Å². The van der Waals surface area contributed by atoms with Crippen molar-refractivity contribution in [2.75, 3.05) is 0 Å². The van der Waals surface area contributed by atoms with E-state index in [2.05, 4.69) is 202 Å². The Balaban J connectivity index is 0.000000347. The molecular weight excluding hydrogens is 654 g/mol. The first-order chi connectivity index (χ1) is 22.9. The summed E-state index contributed by atoms with van der Waals surface area (Å²) < 4.78 is 21.0. The second-order valence-electron chi connectivity index (χ2n) is 21.8. The highest BCUT2D eigenvalue weighted by Crippen LogP contribution is 2.33. The Morgan fingerprint density at radius 2 is 0.788 bits per heavy atom. The quantitative estimate of drug-likeness (QED) is 0.171. The summed E-state index contributed by atoms with van der Waals surface area (Å²) in [5.41, 5.74) is 2.89. The maximum absolute atomic E-state index is 5.59. The first-order valence-corrected chi connectivity index (χ1v) is 18.3. The number of hydrogen-bond acceptors (Lipinski definition) is 11. The first kappa shape index (κ1) is 46.7. The largest absolute Gasteiger partial charge is 0.448 e. The molecule has 0 radical (unpaired) electrons. The highest BCUT2D eigenvalue weighted by atomic mass is 16.6. The molecule has 0 atom stereocenters. The number of hydrogen-bond donors (Lipinski definition) is 0. The predicted molar refractivity (Wildman–Crippen MR) is 209 cm³/mol. The molecule has 11 nitrogen and oxygen atoms in total. The highest BCUT2D eigenvalue weighted by Gasteiger charge is 2.32. The van der Waals surface area contributed by atoms with Crippen LogP contribution in [0.2, 0.25) is 0 Å². The van der Waals surface area contributed by atoms with Gasteiger partial charge in [0.25, 0.3) is 0 Å². The van der Waals surface area contributed by atoms with E-state index >= 15 is 0 Å². The van der Waals surface area contributed by atoms with Crippen LogP contribution in [0.15, 0.2) is 24.4 Å². The van der Waals surface area contributed by atoms with E-state index < -0.39 is 0 Å². The first-order valence-electron chi connectivity index (χ1n) is 18.3. The van der Waals surface area contributed by atoms with E-state index in [9.17, 15) is 0 Å². The zero-order valence-electron chi connectivity index (χ0n) is 37.3. The predicted octanol–water partition coefficient (Wildman–Crippen LogP) is 11.3. The molecule has 0 saturated heterocycles. The van der Waals surface area contributed by atoms with Gasteiger partial charge in [0.15, 0.2) is 12.2 Å². The molecule has 0 aliphatic heterocycles. The van der Waals surface area contributed by atoms with Crippen molar-refractivity contribution in [1.82, 2.24) is 35.6 Å². The van der Waals surface area contributed by atoms with E-state index in [1.807, 2.05) is 0 Å². The number of oxazole rings is 1. The van der Waals surface area contributed by atoms with Gasteiger partial charge in [0.1, 0.15) is 17.1 Å². The van der Waals surface area contributed by atoms with Gasteiger partial charge in [0, 0.05) is 43.3 Å². The minimum Gasteiger partial charge on any atom is -0.448 e. The van der Waals surface area contributed by atoms with Gasteiger partial charge < -0.3 is 13.4 Å². The van der Waals surface area contributed by atoms with Crippen LogP contribution in [0.3, 0.4) is 0 Å². The average Bonchev–Trinajstić information content (AvgIpc) is 3.72. The SMILES string of the molecule is CC(C)(C)c1ncoc1C(C)(C)C.CC(C)(C)c1nnc(C(C)(C)C)o1.CC(C)(C)c1noc(C(C)(C)C)n1.CC(C)(C)c1nonc1C(C)(C)C. The smallest absolute Gasteiger partial charge is 0.232 e. The fraction of sp³-hybridized carbons (Fsp3) is 0.780. The molecule has 0 fully saturated rings. The number of aromatic nitrogens is 7. The Kier molecular flexibility index (Phi) is 14.3. The molecule has 4 aromatic rings. The van der Waals surface area contributed by atoms with Crippen LogP contribution in [0, 0.1) is 0 Å². The molecule has 0 bridgehead atoms. The molecule has 4 rings (SSSR count). The average molecular weight is 728 g/mol. The normalized spacial score (nSPS) is 13.4. The molecular formula is C41H73N7O4. The summed E-state index contributed by atoms with van der Waals surface area (Å²) in [4.78, 5) is 8.66. The molecule has 0 aromatic carbocycles. The van der Waals surface area contributed by atoms with Crippen molar-refractivity contribution < 1.29 is 18.0 Å². The van der Waals surface area contributed by atoms with Gasteiger partial charge in [0.05, 0.1) is 5.69 Å². The van der Waals surface area contributed by atoms with Crippen LogP contribution < -0.4 is 0 Å². The number of rotatable bonds is 0. The van der Waals surface area contributed by atoms with Crippen molar-refractivity contribution in [3.8, 4) is 0 Å². The summed E-state index contributed by atoms with van der Waals surface area (Å²) in [6, 6.07) is 0. The van der Waals surface area contributed by atoms with E-state index in [0.717, 1.165) is 28.7 Å². The van der Waals surface area contributed by atoms with Gasteiger partial charge in [-0.25, -0.2) is 9.61 Å². The van der Waals surface area contributed by atoms with Crippen molar-refractivity contribution >= 4 is 0 Å². The Hall–Kier alpha value is -3.37. The van der Waals surface area contributed by atoms with Crippen molar-refractivity contribution in [2.24, 2.45) is 0 Å². The van der Waals surface area contributed by atoms with E-state index in [-0.39, 0.29) is 43.3 Å². The second-order valence-corrected chi connectivity index (χ2v) is 21.8. The molecule has 11 heteroatoms. The monoisotopic (exact) mass is 728 g/mol. The summed E-state index contributed by atoms with van der Waals surface area (Å²) in [6.45, 7) is 50.3. The Labute approximate surface area is 315 Å². The lowest BCUT2D eigenvalue weighted by atomic mass is 9.82. The summed E-state index contributed by atoms with van der Waals surface area (Å²) in [7, 11) is 0. The van der Waals surface area contributed by atoms with Crippen LogP contribution in [0.4, 0.5) is 0 Å². The third-order valence-electron chi connectivity index (χ3n) is 7.32. The molecule has 0 aliphatic rings. The second kappa shape index (κ2) is 15.9. The summed E-state index contributed by atoms with van der Waals surface area (Å²) in [5.74, 6) is 3.89. The molecule has 0 unspecified atom stereocenters. The van der Waals surface area contributed by atoms with E-state index in [4.69, 9.17) is 18.0 Å². The van der Waals surface area contributed by atoms with Crippen molar-refractivity contribution in [2.45, 2.75) is 209 Å². The van der Waals surface area contributed by atoms with Crippen LogP contribution in [0.1, 0.15) is 213 Å². The lowest BCUT2D eigenvalue weighted by Gasteiger charge is -2.22. The third kappa shape index (κ3) is 14.2. The van der Waals surface area contributed by atoms with Gasteiger partial charge in [-0.05, 0) is 0 Å². The third-order valence-corrected chi connectivity index (χ3v) is 7.32. The van der Waals surface area contributed by atoms with Gasteiger partial charge >= 0.3 is 0 Å². The van der Waals surface area contributed by atoms with Gasteiger partial charge in [0.2, 0.25) is 17.7 Å². The fourth-order valence-electron chi connectivity index (χ4n) is 4.15. The van der Waals surface area contributed by atoms with Crippen LogP contribution in [0.25, 0.3) is 0 Å². The van der Waals surface area contributed by atoms with Crippen molar-refractivity contribution in [3.63, 3.8) is 0 Å². The minimum atomic E-state index is -0.0590. The molecule has 4 heterocycles. The molecule has 0 saturated carbocycles. The summed E-state index contributed by atoms with van der Waals surface area (Å²) >= 11 is 0. The zero-order chi connectivity index (χ0) is 41.1. The van der Waals surface area contributed by atoms with Crippen molar-refractivity contribution in [3.05, 3.63) is 52.7 Å². The van der Waals surface area contributed by atoms with Gasteiger partial charge in [-0.2, -0.15) is 4.98 Å². The lowest BCUT2D eigenvalue weighted by molar-refractivity contribution is 0.290. The van der Waals surface area contributed by atoms with E-state index in [1.165, 1.54) is 0 Å². The van der Waals surface area contributed by atoms with Gasteiger partial charge in [-0.1, -0.05) is 182 Å². The van der Waals surface area contributed by atoms with Crippen molar-refractivity contribution in [1.29, 1.82) is 0 Å². The Morgan fingerprint density at radius 3 is 1.02 bits per heavy atom. The van der Waals surface area contributed by atoms with Crippen LogP contribution in [0.5, 0.6) is 0 Å². The molecule has 4 aromatic heterocycles. The van der Waals surface area contributed by atoms with E-state index in [1.54, 1.807) is 6.39 Å². The highest BCUT2D eigenvalue weighted by molar-refractivity contribution is 5.24. The fourth-order valence-corrected chi connectivity index (χ4v) is 4.15.